The van der Waals surface area contributed by atoms with Crippen molar-refractivity contribution < 1.29 is 9.13 Å². The van der Waals surface area contributed by atoms with Gasteiger partial charge in [-0.05, 0) is 44.6 Å². The van der Waals surface area contributed by atoms with E-state index in [2.05, 4.69) is 48.5 Å². The molecule has 1 aliphatic rings. The third-order valence-electron chi connectivity index (χ3n) is 5.54. The van der Waals surface area contributed by atoms with Gasteiger partial charge in [0.15, 0.2) is 5.96 Å². The fraction of sp³-hybridized carbons (Fsp3) is 0.650. The predicted molar refractivity (Wildman–Crippen MR) is 126 cm³/mol. The third-order valence-corrected chi connectivity index (χ3v) is 5.85. The van der Waals surface area contributed by atoms with Crippen LogP contribution in [0.15, 0.2) is 23.2 Å². The van der Waals surface area contributed by atoms with Gasteiger partial charge in [0, 0.05) is 49.3 Å². The summed E-state index contributed by atoms with van der Waals surface area (Å²) in [5.74, 6) is 0.421. The molecule has 0 spiro atoms. The lowest BCUT2D eigenvalue weighted by Crippen LogP contribution is -2.57. The topological polar surface area (TPSA) is 48.9 Å². The molecule has 1 aromatic carbocycles. The minimum absolute atomic E-state index is 0. The number of likely N-dealkylation sites (N-methyl/N-ethyl adjacent to an activating group) is 1. The molecule has 0 unspecified atom stereocenters. The standard InChI is InChI=1S/C20H32ClFN4O.HI/c1-19(2,16-7-6-15(22)12-17(16)21)13-24-18(23-3)25-14-20(26(4)5)8-10-27-11-9-20;/h6-7,12H,8-11,13-14H2,1-5H3,(H2,23,24,25);1H. The number of nitrogens with one attached hydrogen (secondary N) is 2. The number of nitrogens with zero attached hydrogens (tertiary/aromatic N) is 2. The Kier molecular flexibility index (Phi) is 9.93. The highest BCUT2D eigenvalue weighted by Gasteiger charge is 2.35. The Labute approximate surface area is 190 Å². The fourth-order valence-corrected chi connectivity index (χ4v) is 3.86. The number of guanidine groups is 1. The van der Waals surface area contributed by atoms with Crippen LogP contribution in [-0.2, 0) is 10.2 Å². The van der Waals surface area contributed by atoms with E-state index in [1.54, 1.807) is 13.1 Å². The number of hydrogen-bond donors (Lipinski definition) is 2. The van der Waals surface area contributed by atoms with Crippen LogP contribution in [-0.4, -0.2) is 63.8 Å². The molecule has 1 aromatic rings. The molecule has 28 heavy (non-hydrogen) atoms. The van der Waals surface area contributed by atoms with E-state index >= 15 is 0 Å². The molecule has 5 nitrogen and oxygen atoms in total. The summed E-state index contributed by atoms with van der Waals surface area (Å²) in [4.78, 5) is 6.62. The van der Waals surface area contributed by atoms with Crippen molar-refractivity contribution in [1.82, 2.24) is 15.5 Å². The van der Waals surface area contributed by atoms with E-state index in [0.717, 1.165) is 44.1 Å². The summed E-state index contributed by atoms with van der Waals surface area (Å²) in [6.07, 6.45) is 1.97. The Morgan fingerprint density at radius 1 is 1.29 bits per heavy atom. The van der Waals surface area contributed by atoms with Crippen molar-refractivity contribution in [3.63, 3.8) is 0 Å². The SMILES string of the molecule is CN=C(NCC(C)(C)c1ccc(F)cc1Cl)NCC1(N(C)C)CCOCC1.I. The highest BCUT2D eigenvalue weighted by Crippen LogP contribution is 2.30. The molecule has 1 aliphatic heterocycles. The minimum atomic E-state index is -0.324. The summed E-state index contributed by atoms with van der Waals surface area (Å²) < 4.78 is 18.9. The predicted octanol–water partition coefficient (Wildman–Crippen LogP) is 3.65. The molecule has 1 saturated heterocycles. The van der Waals surface area contributed by atoms with Crippen molar-refractivity contribution >= 4 is 41.5 Å². The van der Waals surface area contributed by atoms with Crippen LogP contribution < -0.4 is 10.6 Å². The molecule has 1 heterocycles. The Morgan fingerprint density at radius 2 is 1.93 bits per heavy atom. The minimum Gasteiger partial charge on any atom is -0.381 e. The first-order valence-electron chi connectivity index (χ1n) is 9.35. The zero-order chi connectivity index (χ0) is 20.1. The number of aliphatic imine (C=N–C) groups is 1. The van der Waals surface area contributed by atoms with Gasteiger partial charge >= 0.3 is 0 Å². The van der Waals surface area contributed by atoms with Crippen LogP contribution in [0.2, 0.25) is 5.02 Å². The molecule has 2 rings (SSSR count). The summed E-state index contributed by atoms with van der Waals surface area (Å²) in [6.45, 7) is 7.12. The summed E-state index contributed by atoms with van der Waals surface area (Å²) in [5.41, 5.74) is 0.689. The number of benzene rings is 1. The number of rotatable bonds is 6. The molecular formula is C20H33ClFIN4O. The second-order valence-corrected chi connectivity index (χ2v) is 8.43. The van der Waals surface area contributed by atoms with Crippen molar-refractivity contribution in [2.45, 2.75) is 37.6 Å². The molecule has 8 heteroatoms. The van der Waals surface area contributed by atoms with E-state index < -0.39 is 0 Å². The normalized spacial score (nSPS) is 17.2. The summed E-state index contributed by atoms with van der Waals surface area (Å²) in [6, 6.07) is 4.55. The van der Waals surface area contributed by atoms with Gasteiger partial charge in [-0.1, -0.05) is 31.5 Å². The van der Waals surface area contributed by atoms with Gasteiger partial charge in [-0.25, -0.2) is 4.39 Å². The van der Waals surface area contributed by atoms with Gasteiger partial charge in [-0.3, -0.25) is 4.99 Å². The maximum atomic E-state index is 13.3. The van der Waals surface area contributed by atoms with Gasteiger partial charge in [-0.2, -0.15) is 0 Å². The lowest BCUT2D eigenvalue weighted by atomic mass is 9.84. The molecule has 0 amide bonds. The number of ether oxygens (including phenoxy) is 1. The van der Waals surface area contributed by atoms with Crippen molar-refractivity contribution in [3.8, 4) is 0 Å². The van der Waals surface area contributed by atoms with Gasteiger partial charge < -0.3 is 20.3 Å². The van der Waals surface area contributed by atoms with Gasteiger partial charge in [0.1, 0.15) is 5.82 Å². The largest absolute Gasteiger partial charge is 0.381 e. The third kappa shape index (κ3) is 6.43. The number of halogens is 3. The van der Waals surface area contributed by atoms with Crippen LogP contribution in [0.25, 0.3) is 0 Å². The van der Waals surface area contributed by atoms with Crippen molar-refractivity contribution in [2.75, 3.05) is 47.4 Å². The van der Waals surface area contributed by atoms with E-state index in [1.165, 1.54) is 12.1 Å². The second kappa shape index (κ2) is 10.9. The molecule has 2 N–H and O–H groups in total. The molecule has 0 atom stereocenters. The van der Waals surface area contributed by atoms with Crippen molar-refractivity contribution in [2.24, 2.45) is 4.99 Å². The van der Waals surface area contributed by atoms with Crippen molar-refractivity contribution in [1.29, 1.82) is 0 Å². The van der Waals surface area contributed by atoms with Gasteiger partial charge in [0.25, 0.3) is 0 Å². The average Bonchev–Trinajstić information content (AvgIpc) is 2.62. The van der Waals surface area contributed by atoms with E-state index in [4.69, 9.17) is 16.3 Å². The summed E-state index contributed by atoms with van der Waals surface area (Å²) >= 11 is 6.25. The second-order valence-electron chi connectivity index (χ2n) is 8.02. The zero-order valence-electron chi connectivity index (χ0n) is 17.4. The van der Waals surface area contributed by atoms with Crippen LogP contribution in [0.1, 0.15) is 32.3 Å². The van der Waals surface area contributed by atoms with Crippen LogP contribution in [0, 0.1) is 5.82 Å². The maximum absolute atomic E-state index is 13.3. The summed E-state index contributed by atoms with van der Waals surface area (Å²) in [7, 11) is 5.99. The number of hydrogen-bond acceptors (Lipinski definition) is 3. The molecule has 0 bridgehead atoms. The molecule has 0 saturated carbocycles. The Balaban J connectivity index is 0.00000392. The van der Waals surface area contributed by atoms with Crippen molar-refractivity contribution in [3.05, 3.63) is 34.6 Å². The zero-order valence-corrected chi connectivity index (χ0v) is 20.5. The van der Waals surface area contributed by atoms with Crippen LogP contribution in [0.3, 0.4) is 0 Å². The highest BCUT2D eigenvalue weighted by atomic mass is 127. The Morgan fingerprint density at radius 3 is 2.46 bits per heavy atom. The van der Waals surface area contributed by atoms with E-state index in [-0.39, 0.29) is 40.7 Å². The van der Waals surface area contributed by atoms with E-state index in [1.807, 2.05) is 0 Å². The van der Waals surface area contributed by atoms with Gasteiger partial charge in [0.2, 0.25) is 0 Å². The van der Waals surface area contributed by atoms with Gasteiger partial charge in [-0.15, -0.1) is 24.0 Å². The smallest absolute Gasteiger partial charge is 0.191 e. The molecule has 160 valence electrons. The Hall–Kier alpha value is -0.640. The van der Waals surface area contributed by atoms with Crippen LogP contribution in [0.5, 0.6) is 0 Å². The van der Waals surface area contributed by atoms with E-state index in [9.17, 15) is 4.39 Å². The van der Waals surface area contributed by atoms with E-state index in [0.29, 0.717) is 11.6 Å². The summed E-state index contributed by atoms with van der Waals surface area (Å²) in [5, 5.41) is 7.28. The fourth-order valence-electron chi connectivity index (χ4n) is 3.44. The first kappa shape index (κ1) is 25.4. The van der Waals surface area contributed by atoms with Gasteiger partial charge in [0.05, 0.1) is 0 Å². The van der Waals surface area contributed by atoms with Crippen LogP contribution in [0.4, 0.5) is 4.39 Å². The molecular weight excluding hydrogens is 494 g/mol. The monoisotopic (exact) mass is 526 g/mol. The lowest BCUT2D eigenvalue weighted by molar-refractivity contribution is -0.00501. The van der Waals surface area contributed by atoms with Crippen LogP contribution >= 0.6 is 35.6 Å². The lowest BCUT2D eigenvalue weighted by Gasteiger charge is -2.43. The molecule has 0 aromatic heterocycles. The maximum Gasteiger partial charge on any atom is 0.191 e. The first-order chi connectivity index (χ1) is 12.7. The molecule has 1 fully saturated rings. The molecule has 0 aliphatic carbocycles. The first-order valence-corrected chi connectivity index (χ1v) is 9.73. The highest BCUT2D eigenvalue weighted by molar-refractivity contribution is 14.0. The quantitative estimate of drug-likeness (QED) is 0.338. The average molecular weight is 527 g/mol. The Bertz CT molecular complexity index is 664. The molecule has 0 radical (unpaired) electrons.